The van der Waals surface area contributed by atoms with Crippen molar-refractivity contribution in [1.29, 1.82) is 0 Å². The Balaban J connectivity index is 3.00. The van der Waals surface area contributed by atoms with Gasteiger partial charge in [-0.3, -0.25) is 0 Å². The lowest BCUT2D eigenvalue weighted by molar-refractivity contribution is 0.0170. The third-order valence-electron chi connectivity index (χ3n) is 4.44. The van der Waals surface area contributed by atoms with Gasteiger partial charge in [0.15, 0.2) is 0 Å². The topological polar surface area (TPSA) is 41.6 Å². The molecule has 1 aromatic rings. The summed E-state index contributed by atoms with van der Waals surface area (Å²) in [7, 11) is 0. The Morgan fingerprint density at radius 2 is 1.85 bits per heavy atom. The molecule has 1 amide bonds. The predicted octanol–water partition coefficient (Wildman–Crippen LogP) is 6.31. The summed E-state index contributed by atoms with van der Waals surface area (Å²) in [5.41, 5.74) is 3.04. The Morgan fingerprint density at radius 1 is 1.19 bits per heavy atom. The van der Waals surface area contributed by atoms with Gasteiger partial charge in [-0.2, -0.15) is 0 Å². The SMILES string of the molecule is CCCCNc1cc(C(C)N(CCCC)C(=O)OC(C)(C)C)ccc1C. The highest BCUT2D eigenvalue weighted by molar-refractivity contribution is 5.69. The highest BCUT2D eigenvalue weighted by Crippen LogP contribution is 2.27. The number of nitrogens with zero attached hydrogens (tertiary/aromatic N) is 1. The van der Waals surface area contributed by atoms with Gasteiger partial charge in [0, 0.05) is 18.8 Å². The smallest absolute Gasteiger partial charge is 0.410 e. The maximum absolute atomic E-state index is 12.7. The van der Waals surface area contributed by atoms with Crippen LogP contribution in [-0.2, 0) is 4.74 Å². The van der Waals surface area contributed by atoms with E-state index in [1.54, 1.807) is 0 Å². The molecule has 0 spiro atoms. The number of unbranched alkanes of at least 4 members (excludes halogenated alkanes) is 2. The summed E-state index contributed by atoms with van der Waals surface area (Å²) in [4.78, 5) is 14.6. The first-order valence-electron chi connectivity index (χ1n) is 10.0. The molecular formula is C22H38N2O2. The fourth-order valence-corrected chi connectivity index (χ4v) is 2.76. The normalized spacial score (nSPS) is 12.6. The number of carbonyl (C=O) groups excluding carboxylic acids is 1. The van der Waals surface area contributed by atoms with Crippen LogP contribution >= 0.6 is 0 Å². The Hall–Kier alpha value is -1.71. The van der Waals surface area contributed by atoms with Crippen molar-refractivity contribution in [2.75, 3.05) is 18.4 Å². The second kappa shape index (κ2) is 10.4. The summed E-state index contributed by atoms with van der Waals surface area (Å²) in [6.45, 7) is 15.9. The number of rotatable bonds is 9. The van der Waals surface area contributed by atoms with E-state index < -0.39 is 5.60 Å². The van der Waals surface area contributed by atoms with Gasteiger partial charge in [-0.25, -0.2) is 4.79 Å². The molecule has 1 atom stereocenters. The number of amides is 1. The van der Waals surface area contributed by atoms with Crippen molar-refractivity contribution in [3.05, 3.63) is 29.3 Å². The largest absolute Gasteiger partial charge is 0.444 e. The summed E-state index contributed by atoms with van der Waals surface area (Å²) in [5, 5.41) is 3.52. The first kappa shape index (κ1) is 22.3. The van der Waals surface area contributed by atoms with E-state index in [0.717, 1.165) is 37.1 Å². The third kappa shape index (κ3) is 7.27. The molecule has 148 valence electrons. The van der Waals surface area contributed by atoms with Gasteiger partial charge in [-0.1, -0.05) is 38.8 Å². The molecule has 0 aromatic heterocycles. The van der Waals surface area contributed by atoms with Gasteiger partial charge in [-0.15, -0.1) is 0 Å². The summed E-state index contributed by atoms with van der Waals surface area (Å²) in [6.07, 6.45) is 4.10. The van der Waals surface area contributed by atoms with Crippen molar-refractivity contribution in [1.82, 2.24) is 4.90 Å². The quantitative estimate of drug-likeness (QED) is 0.524. The highest BCUT2D eigenvalue weighted by atomic mass is 16.6. The number of aryl methyl sites for hydroxylation is 1. The van der Waals surface area contributed by atoms with Crippen LogP contribution in [0.5, 0.6) is 0 Å². The summed E-state index contributed by atoms with van der Waals surface area (Å²) in [6, 6.07) is 6.41. The van der Waals surface area contributed by atoms with Gasteiger partial charge in [0.25, 0.3) is 0 Å². The molecular weight excluding hydrogens is 324 g/mol. The van der Waals surface area contributed by atoms with Crippen molar-refractivity contribution < 1.29 is 9.53 Å². The van der Waals surface area contributed by atoms with Gasteiger partial charge >= 0.3 is 6.09 Å². The number of nitrogens with one attached hydrogen (secondary N) is 1. The average molecular weight is 363 g/mol. The maximum atomic E-state index is 12.7. The minimum atomic E-state index is -0.485. The molecule has 0 aliphatic heterocycles. The van der Waals surface area contributed by atoms with Gasteiger partial charge in [-0.05, 0) is 64.7 Å². The minimum absolute atomic E-state index is 0.0243. The molecule has 4 nitrogen and oxygen atoms in total. The minimum Gasteiger partial charge on any atom is -0.444 e. The molecule has 26 heavy (non-hydrogen) atoms. The molecule has 0 heterocycles. The van der Waals surface area contributed by atoms with Gasteiger partial charge < -0.3 is 15.0 Å². The van der Waals surface area contributed by atoms with E-state index in [0.29, 0.717) is 6.54 Å². The standard InChI is InChI=1S/C22H38N2O2/c1-8-10-14-23-20-16-19(13-12-17(20)3)18(4)24(15-11-9-2)21(25)26-22(5,6)7/h12-13,16,18,23H,8-11,14-15H2,1-7H3. The number of hydrogen-bond acceptors (Lipinski definition) is 3. The van der Waals surface area contributed by atoms with E-state index in [1.165, 1.54) is 12.0 Å². The van der Waals surface area contributed by atoms with Gasteiger partial charge in [0.05, 0.1) is 6.04 Å². The van der Waals surface area contributed by atoms with E-state index in [1.807, 2.05) is 25.7 Å². The summed E-state index contributed by atoms with van der Waals surface area (Å²) < 4.78 is 5.64. The number of carbonyl (C=O) groups is 1. The molecule has 0 radical (unpaired) electrons. The van der Waals surface area contributed by atoms with Crippen LogP contribution < -0.4 is 5.32 Å². The van der Waals surface area contributed by atoms with E-state index in [2.05, 4.69) is 51.2 Å². The lowest BCUT2D eigenvalue weighted by Gasteiger charge is -2.32. The van der Waals surface area contributed by atoms with Crippen LogP contribution in [0.3, 0.4) is 0 Å². The summed E-state index contributed by atoms with van der Waals surface area (Å²) in [5.74, 6) is 0. The predicted molar refractivity (Wildman–Crippen MR) is 111 cm³/mol. The fraction of sp³-hybridized carbons (Fsp3) is 0.682. The number of hydrogen-bond donors (Lipinski definition) is 1. The van der Waals surface area contributed by atoms with E-state index in [-0.39, 0.29) is 12.1 Å². The fourth-order valence-electron chi connectivity index (χ4n) is 2.76. The highest BCUT2D eigenvalue weighted by Gasteiger charge is 2.26. The molecule has 0 saturated heterocycles. The Morgan fingerprint density at radius 3 is 2.42 bits per heavy atom. The van der Waals surface area contributed by atoms with E-state index in [9.17, 15) is 4.79 Å². The van der Waals surface area contributed by atoms with Crippen LogP contribution in [0.1, 0.15) is 84.4 Å². The Kier molecular flexibility index (Phi) is 8.97. The van der Waals surface area contributed by atoms with Crippen LogP contribution in [0.25, 0.3) is 0 Å². The molecule has 0 bridgehead atoms. The zero-order chi connectivity index (χ0) is 19.7. The van der Waals surface area contributed by atoms with Crippen molar-refractivity contribution in [3.63, 3.8) is 0 Å². The van der Waals surface area contributed by atoms with Crippen molar-refractivity contribution in [3.8, 4) is 0 Å². The van der Waals surface area contributed by atoms with Gasteiger partial charge in [0.2, 0.25) is 0 Å². The molecule has 1 aromatic carbocycles. The van der Waals surface area contributed by atoms with Crippen LogP contribution in [0.2, 0.25) is 0 Å². The first-order valence-corrected chi connectivity index (χ1v) is 10.0. The van der Waals surface area contributed by atoms with Gasteiger partial charge in [0.1, 0.15) is 5.60 Å². The summed E-state index contributed by atoms with van der Waals surface area (Å²) >= 11 is 0. The number of ether oxygens (including phenoxy) is 1. The van der Waals surface area contributed by atoms with Crippen LogP contribution in [0.4, 0.5) is 10.5 Å². The van der Waals surface area contributed by atoms with E-state index in [4.69, 9.17) is 4.74 Å². The lowest BCUT2D eigenvalue weighted by Crippen LogP contribution is -2.39. The zero-order valence-corrected chi connectivity index (χ0v) is 17.8. The third-order valence-corrected chi connectivity index (χ3v) is 4.44. The van der Waals surface area contributed by atoms with Crippen LogP contribution in [-0.4, -0.2) is 29.7 Å². The zero-order valence-electron chi connectivity index (χ0n) is 17.8. The van der Waals surface area contributed by atoms with Crippen LogP contribution in [0.15, 0.2) is 18.2 Å². The molecule has 1 unspecified atom stereocenters. The molecule has 1 N–H and O–H groups in total. The van der Waals surface area contributed by atoms with Crippen molar-refractivity contribution in [2.45, 2.75) is 85.8 Å². The maximum Gasteiger partial charge on any atom is 0.410 e. The second-order valence-corrected chi connectivity index (χ2v) is 8.06. The Bertz CT molecular complexity index is 564. The van der Waals surface area contributed by atoms with Crippen molar-refractivity contribution in [2.24, 2.45) is 0 Å². The molecule has 4 heteroatoms. The monoisotopic (exact) mass is 362 g/mol. The average Bonchev–Trinajstić information content (AvgIpc) is 2.55. The Labute approximate surface area is 160 Å². The molecule has 0 fully saturated rings. The molecule has 0 aliphatic rings. The second-order valence-electron chi connectivity index (χ2n) is 8.06. The molecule has 0 aliphatic carbocycles. The number of anilines is 1. The molecule has 0 saturated carbocycles. The first-order chi connectivity index (χ1) is 12.2. The number of benzene rings is 1. The van der Waals surface area contributed by atoms with Crippen LogP contribution in [0, 0.1) is 6.92 Å². The van der Waals surface area contributed by atoms with E-state index >= 15 is 0 Å². The van der Waals surface area contributed by atoms with Crippen molar-refractivity contribution >= 4 is 11.8 Å². The molecule has 1 rings (SSSR count). The lowest BCUT2D eigenvalue weighted by atomic mass is 10.0.